The maximum Gasteiger partial charge on any atom is 0.251 e. The zero-order valence-corrected chi connectivity index (χ0v) is 17.1. The molecular formula is C21H23N3O4S. The Kier molecular flexibility index (Phi) is 6.82. The number of nitrogens with zero attached hydrogens (tertiary/aromatic N) is 1. The molecule has 0 radical (unpaired) electrons. The average molecular weight is 413 g/mol. The summed E-state index contributed by atoms with van der Waals surface area (Å²) in [6, 6.07) is 14.3. The predicted octanol–water partition coefficient (Wildman–Crippen LogP) is 2.96. The van der Waals surface area contributed by atoms with Gasteiger partial charge in [0.05, 0.1) is 13.1 Å². The number of rotatable bonds is 8. The van der Waals surface area contributed by atoms with Crippen molar-refractivity contribution >= 4 is 34.1 Å². The molecule has 152 valence electrons. The van der Waals surface area contributed by atoms with Crippen molar-refractivity contribution in [2.45, 2.75) is 6.54 Å². The summed E-state index contributed by atoms with van der Waals surface area (Å²) >= 11 is 4.94. The Balaban J connectivity index is 1.50. The lowest BCUT2D eigenvalue weighted by molar-refractivity contribution is 0.0947. The number of amides is 1. The summed E-state index contributed by atoms with van der Waals surface area (Å²) in [6.07, 6.45) is 0. The van der Waals surface area contributed by atoms with E-state index in [1.54, 1.807) is 30.3 Å². The highest BCUT2D eigenvalue weighted by molar-refractivity contribution is 7.80. The van der Waals surface area contributed by atoms with Crippen molar-refractivity contribution < 1.29 is 19.2 Å². The predicted molar refractivity (Wildman–Crippen MR) is 114 cm³/mol. The minimum absolute atomic E-state index is 0.166. The fourth-order valence-corrected chi connectivity index (χ4v) is 2.97. The third kappa shape index (κ3) is 5.54. The van der Waals surface area contributed by atoms with E-state index in [-0.39, 0.29) is 10.9 Å². The first-order valence-corrected chi connectivity index (χ1v) is 9.50. The number of nitrogens with one attached hydrogen (secondary N) is 2. The highest BCUT2D eigenvalue weighted by Gasteiger charge is 2.10. The van der Waals surface area contributed by atoms with Gasteiger partial charge in [-0.2, -0.15) is 0 Å². The normalized spacial score (nSPS) is 10.9. The van der Waals surface area contributed by atoms with E-state index in [4.69, 9.17) is 26.6 Å². The minimum Gasteiger partial charge on any atom is -0.492 e. The van der Waals surface area contributed by atoms with Crippen molar-refractivity contribution in [1.82, 2.24) is 15.7 Å². The van der Waals surface area contributed by atoms with Crippen LogP contribution in [0.1, 0.15) is 21.7 Å². The van der Waals surface area contributed by atoms with Gasteiger partial charge in [0, 0.05) is 16.5 Å². The number of fused-ring (bicyclic) bond motifs is 1. The molecular weight excluding hydrogens is 390 g/mol. The Bertz CT molecular complexity index is 999. The first kappa shape index (κ1) is 20.8. The Morgan fingerprint density at radius 1 is 1.14 bits per heavy atom. The Hall–Kier alpha value is -2.94. The first-order valence-electron chi connectivity index (χ1n) is 9.09. The van der Waals surface area contributed by atoms with Gasteiger partial charge in [-0.05, 0) is 62.6 Å². The third-order valence-corrected chi connectivity index (χ3v) is 4.50. The smallest absolute Gasteiger partial charge is 0.251 e. The lowest BCUT2D eigenvalue weighted by Crippen LogP contribution is -2.28. The largest absolute Gasteiger partial charge is 0.492 e. The topological polar surface area (TPSA) is 87.0 Å². The maximum absolute atomic E-state index is 12.4. The van der Waals surface area contributed by atoms with Gasteiger partial charge in [0.1, 0.15) is 28.7 Å². The molecule has 7 nitrogen and oxygen atoms in total. The fourth-order valence-electron chi connectivity index (χ4n) is 2.83. The molecule has 0 saturated heterocycles. The molecule has 0 aliphatic rings. The van der Waals surface area contributed by atoms with Crippen LogP contribution >= 0.6 is 12.2 Å². The Morgan fingerprint density at radius 3 is 2.55 bits per heavy atom. The van der Waals surface area contributed by atoms with Crippen LogP contribution in [-0.2, 0) is 6.54 Å². The van der Waals surface area contributed by atoms with Crippen molar-refractivity contribution in [3.63, 3.8) is 0 Å². The van der Waals surface area contributed by atoms with Crippen LogP contribution in [0.4, 0.5) is 0 Å². The molecule has 1 amide bonds. The van der Waals surface area contributed by atoms with Gasteiger partial charge >= 0.3 is 0 Å². The lowest BCUT2D eigenvalue weighted by Gasteiger charge is -2.09. The molecule has 1 aromatic heterocycles. The summed E-state index contributed by atoms with van der Waals surface area (Å²) in [6.45, 7) is 1.40. The summed E-state index contributed by atoms with van der Waals surface area (Å²) in [4.78, 5) is 14.7. The highest BCUT2D eigenvalue weighted by atomic mass is 32.1. The molecule has 0 unspecified atom stereocenters. The Morgan fingerprint density at radius 2 is 1.86 bits per heavy atom. The van der Waals surface area contributed by atoms with E-state index in [1.165, 1.54) is 0 Å². The summed E-state index contributed by atoms with van der Waals surface area (Å²) in [5, 5.41) is 12.6. The molecule has 1 heterocycles. The number of carbonyl (C=O) groups excluding carboxylic acids is 1. The van der Waals surface area contributed by atoms with Gasteiger partial charge in [-0.3, -0.25) is 15.5 Å². The molecule has 3 N–H and O–H groups in total. The number of hydrogen-bond donors (Lipinski definition) is 3. The van der Waals surface area contributed by atoms with Gasteiger partial charge in [-0.15, -0.1) is 0 Å². The van der Waals surface area contributed by atoms with E-state index in [0.717, 1.165) is 16.7 Å². The molecule has 0 bridgehead atoms. The number of furan rings is 1. The lowest BCUT2D eigenvalue weighted by atomic mass is 10.1. The van der Waals surface area contributed by atoms with Crippen molar-refractivity contribution in [3.8, 4) is 5.75 Å². The van der Waals surface area contributed by atoms with Gasteiger partial charge in [0.2, 0.25) is 0 Å². The van der Waals surface area contributed by atoms with Gasteiger partial charge in [-0.25, -0.2) is 0 Å². The third-order valence-electron chi connectivity index (χ3n) is 4.18. The van der Waals surface area contributed by atoms with E-state index >= 15 is 0 Å². The van der Waals surface area contributed by atoms with Gasteiger partial charge in [0.15, 0.2) is 0 Å². The fraction of sp³-hybridized carbons (Fsp3) is 0.238. The monoisotopic (exact) mass is 413 g/mol. The van der Waals surface area contributed by atoms with Crippen molar-refractivity contribution in [2.75, 3.05) is 27.2 Å². The van der Waals surface area contributed by atoms with Crippen LogP contribution in [0.25, 0.3) is 11.0 Å². The summed E-state index contributed by atoms with van der Waals surface area (Å²) in [5.41, 5.74) is 3.96. The maximum atomic E-state index is 12.4. The van der Waals surface area contributed by atoms with Gasteiger partial charge in [-0.1, -0.05) is 12.2 Å². The molecule has 3 aromatic rings. The van der Waals surface area contributed by atoms with Crippen LogP contribution < -0.4 is 15.5 Å². The molecule has 0 aliphatic carbocycles. The summed E-state index contributed by atoms with van der Waals surface area (Å²) in [5.74, 6) is 1.34. The highest BCUT2D eigenvalue weighted by Crippen LogP contribution is 2.21. The average Bonchev–Trinajstić information content (AvgIpc) is 3.11. The van der Waals surface area contributed by atoms with E-state index in [0.29, 0.717) is 36.6 Å². The quantitative estimate of drug-likeness (QED) is 0.297. The first-order chi connectivity index (χ1) is 14.0. The number of carbonyl (C=O) groups is 1. The van der Waals surface area contributed by atoms with Crippen LogP contribution in [0.15, 0.2) is 52.9 Å². The number of thiocarbonyl (C=S) groups is 1. The number of hydroxylamine groups is 1. The molecule has 2 aromatic carbocycles. The molecule has 0 fully saturated rings. The minimum atomic E-state index is -0.166. The molecule has 0 aliphatic heterocycles. The van der Waals surface area contributed by atoms with Crippen molar-refractivity contribution in [2.24, 2.45) is 0 Å². The Labute approximate surface area is 174 Å². The van der Waals surface area contributed by atoms with Crippen LogP contribution in [0.2, 0.25) is 0 Å². The molecule has 29 heavy (non-hydrogen) atoms. The van der Waals surface area contributed by atoms with E-state index in [1.807, 2.05) is 42.7 Å². The number of ether oxygens (including phenoxy) is 1. The zero-order valence-electron chi connectivity index (χ0n) is 16.3. The second-order valence-corrected chi connectivity index (χ2v) is 7.18. The van der Waals surface area contributed by atoms with E-state index < -0.39 is 0 Å². The second kappa shape index (κ2) is 9.51. The van der Waals surface area contributed by atoms with Crippen LogP contribution in [0.3, 0.4) is 0 Å². The molecule has 8 heteroatoms. The molecule has 0 spiro atoms. The molecule has 0 saturated carbocycles. The van der Waals surface area contributed by atoms with E-state index in [2.05, 4.69) is 5.32 Å². The molecule has 3 rings (SSSR count). The van der Waals surface area contributed by atoms with Gasteiger partial charge < -0.3 is 19.4 Å². The van der Waals surface area contributed by atoms with E-state index in [9.17, 15) is 4.79 Å². The van der Waals surface area contributed by atoms with Crippen LogP contribution in [-0.4, -0.2) is 48.2 Å². The van der Waals surface area contributed by atoms with Crippen molar-refractivity contribution in [1.29, 1.82) is 0 Å². The standard InChI is InChI=1S/C21H23N3O4S/c1-24(2)13-18-12-16-11-15(5-8-19(16)28-18)20(25)22-9-10-27-17-6-3-14(4-7-17)21(29)23-26/h3-8,11-12,26H,9-10,13H2,1-2H3,(H,22,25)(H,23,29). The van der Waals surface area contributed by atoms with Crippen LogP contribution in [0, 0.1) is 0 Å². The number of hydrogen-bond acceptors (Lipinski definition) is 6. The summed E-state index contributed by atoms with van der Waals surface area (Å²) in [7, 11) is 3.95. The second-order valence-electron chi connectivity index (χ2n) is 6.77. The molecule has 0 atom stereocenters. The summed E-state index contributed by atoms with van der Waals surface area (Å²) < 4.78 is 11.4. The number of benzene rings is 2. The van der Waals surface area contributed by atoms with Gasteiger partial charge in [0.25, 0.3) is 5.91 Å². The zero-order chi connectivity index (χ0) is 20.8. The van der Waals surface area contributed by atoms with Crippen molar-refractivity contribution in [3.05, 3.63) is 65.4 Å². The SMILES string of the molecule is CN(C)Cc1cc2cc(C(=O)NCCOc3ccc(C(=S)NO)cc3)ccc2o1. The van der Waals surface area contributed by atoms with Crippen LogP contribution in [0.5, 0.6) is 5.75 Å².